The fourth-order valence-electron chi connectivity index (χ4n) is 4.92. The highest BCUT2D eigenvalue weighted by atomic mass is 19.1. The first-order valence-corrected chi connectivity index (χ1v) is 13.3. The van der Waals surface area contributed by atoms with Crippen molar-refractivity contribution in [1.82, 2.24) is 20.0 Å². The number of hydrogen-bond donors (Lipinski definition) is 1. The van der Waals surface area contributed by atoms with E-state index in [1.54, 1.807) is 18.9 Å². The molecule has 4 rings (SSSR count). The molecule has 39 heavy (non-hydrogen) atoms. The molecule has 0 unspecified atom stereocenters. The van der Waals surface area contributed by atoms with Crippen molar-refractivity contribution in [3.05, 3.63) is 82.3 Å². The Balaban J connectivity index is 1.57. The van der Waals surface area contributed by atoms with E-state index in [0.29, 0.717) is 49.6 Å². The van der Waals surface area contributed by atoms with Crippen molar-refractivity contribution in [3.8, 4) is 0 Å². The molecular weight excluding hydrogens is 499 g/mol. The number of benzene rings is 2. The number of nitrogens with one attached hydrogen (secondary N) is 1. The minimum atomic E-state index is -0.641. The lowest BCUT2D eigenvalue weighted by atomic mass is 9.85. The molecule has 1 atom stereocenters. The largest absolute Gasteiger partial charge is 0.463 e. The molecule has 1 saturated heterocycles. The van der Waals surface area contributed by atoms with Crippen LogP contribution in [0.25, 0.3) is 0 Å². The number of piperazine rings is 1. The van der Waals surface area contributed by atoms with E-state index >= 15 is 0 Å². The average molecular weight is 537 g/mol. The number of nitrogens with zero attached hydrogens (tertiary/aromatic N) is 3. The van der Waals surface area contributed by atoms with Gasteiger partial charge in [-0.15, -0.1) is 0 Å². The molecule has 2 aliphatic rings. The topological polar surface area (TPSA) is 82.2 Å². The zero-order chi connectivity index (χ0) is 28.3. The second-order valence-electron chi connectivity index (χ2n) is 11.0. The van der Waals surface area contributed by atoms with Gasteiger partial charge in [0.05, 0.1) is 18.2 Å². The average Bonchev–Trinajstić information content (AvgIpc) is 2.91. The molecule has 2 aliphatic heterocycles. The van der Waals surface area contributed by atoms with Gasteiger partial charge in [-0.3, -0.25) is 14.6 Å². The number of halogens is 1. The molecule has 2 aromatic rings. The lowest BCUT2D eigenvalue weighted by Crippen LogP contribution is -2.53. The van der Waals surface area contributed by atoms with Crippen LogP contribution in [0.4, 0.5) is 9.18 Å². The summed E-state index contributed by atoms with van der Waals surface area (Å²) in [6.07, 6.45) is 0. The third-order valence-corrected chi connectivity index (χ3v) is 7.31. The van der Waals surface area contributed by atoms with E-state index in [0.717, 1.165) is 11.1 Å². The Kier molecular flexibility index (Phi) is 8.39. The maximum absolute atomic E-state index is 13.3. The van der Waals surface area contributed by atoms with E-state index in [4.69, 9.17) is 4.74 Å². The number of carbonyl (C=O) groups is 3. The standard InChI is InChI=1S/C30H37FN4O4/c1-6-39-28(37)25-24(19-34-15-17-35(18-16-34)27(36)21-9-13-23(31)14-10-21)33(5)29(38)32-26(25)20-7-11-22(12-8-20)30(2,3)4/h7-14,26H,6,15-19H2,1-5H3,(H,32,38)/t26-/m1/s1. The van der Waals surface area contributed by atoms with Crippen molar-refractivity contribution >= 4 is 17.9 Å². The highest BCUT2D eigenvalue weighted by Crippen LogP contribution is 2.33. The Morgan fingerprint density at radius 2 is 1.62 bits per heavy atom. The lowest BCUT2D eigenvalue weighted by Gasteiger charge is -2.39. The molecular formula is C30H37FN4O4. The zero-order valence-corrected chi connectivity index (χ0v) is 23.3. The molecule has 3 amide bonds. The lowest BCUT2D eigenvalue weighted by molar-refractivity contribution is -0.139. The number of carbonyl (C=O) groups excluding carboxylic acids is 3. The Morgan fingerprint density at radius 1 is 1.00 bits per heavy atom. The van der Waals surface area contributed by atoms with Crippen LogP contribution in [0.5, 0.6) is 0 Å². The van der Waals surface area contributed by atoms with E-state index in [1.165, 1.54) is 29.2 Å². The molecule has 2 aromatic carbocycles. The molecule has 1 fully saturated rings. The summed E-state index contributed by atoms with van der Waals surface area (Å²) in [6.45, 7) is 10.8. The molecule has 8 nitrogen and oxygen atoms in total. The normalized spacial score (nSPS) is 18.7. The number of likely N-dealkylation sites (N-methyl/N-ethyl adjacent to an activating group) is 1. The summed E-state index contributed by atoms with van der Waals surface area (Å²) in [5.74, 6) is -0.991. The fraction of sp³-hybridized carbons (Fsp3) is 0.433. The van der Waals surface area contributed by atoms with Crippen LogP contribution in [0.2, 0.25) is 0 Å². The Labute approximate surface area is 229 Å². The Hall–Kier alpha value is -3.72. The Bertz CT molecular complexity index is 1240. The molecule has 1 N–H and O–H groups in total. The van der Waals surface area contributed by atoms with Gasteiger partial charge >= 0.3 is 12.0 Å². The van der Waals surface area contributed by atoms with Crippen molar-refractivity contribution < 1.29 is 23.5 Å². The predicted molar refractivity (Wildman–Crippen MR) is 147 cm³/mol. The summed E-state index contributed by atoms with van der Waals surface area (Å²) in [6, 6.07) is 12.6. The van der Waals surface area contributed by atoms with E-state index in [-0.39, 0.29) is 29.8 Å². The summed E-state index contributed by atoms with van der Waals surface area (Å²) >= 11 is 0. The first-order chi connectivity index (χ1) is 18.5. The quantitative estimate of drug-likeness (QED) is 0.563. The molecule has 208 valence electrons. The maximum Gasteiger partial charge on any atom is 0.338 e. The van der Waals surface area contributed by atoms with Crippen LogP contribution in [0, 0.1) is 5.82 Å². The monoisotopic (exact) mass is 536 g/mol. The van der Waals surface area contributed by atoms with Crippen molar-refractivity contribution in [1.29, 1.82) is 0 Å². The third kappa shape index (κ3) is 6.30. The number of amides is 3. The number of esters is 1. The highest BCUT2D eigenvalue weighted by Gasteiger charge is 2.38. The molecule has 0 saturated carbocycles. The summed E-state index contributed by atoms with van der Waals surface area (Å²) in [5.41, 5.74) is 3.37. The number of ether oxygens (including phenoxy) is 1. The minimum absolute atomic E-state index is 0.0280. The van der Waals surface area contributed by atoms with Gasteiger partial charge in [-0.2, -0.15) is 0 Å². The van der Waals surface area contributed by atoms with Gasteiger partial charge in [-0.05, 0) is 47.7 Å². The maximum atomic E-state index is 13.3. The van der Waals surface area contributed by atoms with Gasteiger partial charge in [0.25, 0.3) is 5.91 Å². The summed E-state index contributed by atoms with van der Waals surface area (Å²) < 4.78 is 18.7. The van der Waals surface area contributed by atoms with Crippen LogP contribution >= 0.6 is 0 Å². The molecule has 0 spiro atoms. The van der Waals surface area contributed by atoms with E-state index in [9.17, 15) is 18.8 Å². The first kappa shape index (κ1) is 28.3. The van der Waals surface area contributed by atoms with Gasteiger partial charge in [-0.25, -0.2) is 14.0 Å². The van der Waals surface area contributed by atoms with E-state index < -0.39 is 12.0 Å². The number of urea groups is 1. The molecule has 2 heterocycles. The predicted octanol–water partition coefficient (Wildman–Crippen LogP) is 4.09. The van der Waals surface area contributed by atoms with Crippen molar-refractivity contribution in [2.75, 3.05) is 46.4 Å². The van der Waals surface area contributed by atoms with Gasteiger partial charge in [0.2, 0.25) is 0 Å². The van der Waals surface area contributed by atoms with Crippen molar-refractivity contribution in [3.63, 3.8) is 0 Å². The SMILES string of the molecule is CCOC(=O)C1=C(CN2CCN(C(=O)c3ccc(F)cc3)CC2)N(C)C(=O)N[C@@H]1c1ccc(C(C)(C)C)cc1. The smallest absolute Gasteiger partial charge is 0.338 e. The molecule has 0 aliphatic carbocycles. The van der Waals surface area contributed by atoms with Gasteiger partial charge in [0.1, 0.15) is 5.82 Å². The number of rotatable bonds is 6. The highest BCUT2D eigenvalue weighted by molar-refractivity contribution is 5.95. The van der Waals surface area contributed by atoms with E-state index in [2.05, 4.69) is 31.0 Å². The number of hydrogen-bond acceptors (Lipinski definition) is 5. The van der Waals surface area contributed by atoms with Gasteiger partial charge < -0.3 is 15.0 Å². The fourth-order valence-corrected chi connectivity index (χ4v) is 4.92. The third-order valence-electron chi connectivity index (χ3n) is 7.31. The molecule has 0 aromatic heterocycles. The van der Waals surface area contributed by atoms with Gasteiger partial charge in [0, 0.05) is 51.0 Å². The van der Waals surface area contributed by atoms with Gasteiger partial charge in [0.15, 0.2) is 0 Å². The second-order valence-corrected chi connectivity index (χ2v) is 11.0. The van der Waals surface area contributed by atoms with Crippen LogP contribution < -0.4 is 5.32 Å². The van der Waals surface area contributed by atoms with Crippen LogP contribution in [-0.2, 0) is 14.9 Å². The Morgan fingerprint density at radius 3 is 2.18 bits per heavy atom. The zero-order valence-electron chi connectivity index (χ0n) is 23.3. The van der Waals surface area contributed by atoms with Crippen LogP contribution in [0.3, 0.4) is 0 Å². The van der Waals surface area contributed by atoms with Gasteiger partial charge in [-0.1, -0.05) is 45.0 Å². The van der Waals surface area contributed by atoms with Crippen LogP contribution in [0.1, 0.15) is 55.2 Å². The van der Waals surface area contributed by atoms with E-state index in [1.807, 2.05) is 24.3 Å². The summed E-state index contributed by atoms with van der Waals surface area (Å²) in [7, 11) is 1.65. The molecule has 0 radical (unpaired) electrons. The minimum Gasteiger partial charge on any atom is -0.463 e. The first-order valence-electron chi connectivity index (χ1n) is 13.3. The van der Waals surface area contributed by atoms with Crippen molar-refractivity contribution in [2.45, 2.75) is 39.2 Å². The van der Waals surface area contributed by atoms with Crippen LogP contribution in [0.15, 0.2) is 59.8 Å². The summed E-state index contributed by atoms with van der Waals surface area (Å²) in [5, 5.41) is 2.97. The van der Waals surface area contributed by atoms with Crippen LogP contribution in [-0.4, -0.2) is 79.0 Å². The molecule has 9 heteroatoms. The van der Waals surface area contributed by atoms with Crippen molar-refractivity contribution in [2.24, 2.45) is 0 Å². The summed E-state index contributed by atoms with van der Waals surface area (Å²) in [4.78, 5) is 44.5. The second kappa shape index (κ2) is 11.6. The molecule has 0 bridgehead atoms.